The summed E-state index contributed by atoms with van der Waals surface area (Å²) in [5.41, 5.74) is 7.11. The average molecular weight is 287 g/mol. The molecule has 1 aliphatic carbocycles. The van der Waals surface area contributed by atoms with E-state index in [1.165, 1.54) is 25.7 Å². The van der Waals surface area contributed by atoms with Crippen molar-refractivity contribution in [3.05, 3.63) is 24.0 Å². The molecular formula is C17H25N3O. The molecule has 21 heavy (non-hydrogen) atoms. The van der Waals surface area contributed by atoms with Crippen LogP contribution in [0.1, 0.15) is 44.7 Å². The van der Waals surface area contributed by atoms with Gasteiger partial charge >= 0.3 is 0 Å². The molecule has 4 nitrogen and oxygen atoms in total. The fourth-order valence-electron chi connectivity index (χ4n) is 4.02. The molecule has 0 radical (unpaired) electrons. The molecule has 1 saturated heterocycles. The minimum atomic E-state index is 0.232. The summed E-state index contributed by atoms with van der Waals surface area (Å²) in [7, 11) is 0. The van der Waals surface area contributed by atoms with Crippen LogP contribution in [0.3, 0.4) is 0 Å². The van der Waals surface area contributed by atoms with Crippen molar-refractivity contribution in [2.45, 2.75) is 51.5 Å². The van der Waals surface area contributed by atoms with Crippen molar-refractivity contribution in [1.29, 1.82) is 0 Å². The van der Waals surface area contributed by atoms with Crippen LogP contribution in [0.15, 0.2) is 18.3 Å². The smallest absolute Gasteiger partial charge is 0.228 e. The maximum Gasteiger partial charge on any atom is 0.228 e. The van der Waals surface area contributed by atoms with Crippen molar-refractivity contribution >= 4 is 11.6 Å². The van der Waals surface area contributed by atoms with Crippen LogP contribution in [0.2, 0.25) is 0 Å². The lowest BCUT2D eigenvalue weighted by molar-refractivity contribution is -0.138. The van der Waals surface area contributed by atoms with Gasteiger partial charge in [0.15, 0.2) is 0 Å². The van der Waals surface area contributed by atoms with Gasteiger partial charge in [0.25, 0.3) is 0 Å². The zero-order valence-corrected chi connectivity index (χ0v) is 12.8. The lowest BCUT2D eigenvalue weighted by atomic mass is 9.72. The lowest BCUT2D eigenvalue weighted by Crippen LogP contribution is -2.52. The van der Waals surface area contributed by atoms with E-state index in [1.807, 2.05) is 12.1 Å². The zero-order chi connectivity index (χ0) is 14.8. The molecule has 0 bridgehead atoms. The largest absolute Gasteiger partial charge is 0.397 e. The van der Waals surface area contributed by atoms with Crippen molar-refractivity contribution in [2.75, 3.05) is 12.3 Å². The van der Waals surface area contributed by atoms with Gasteiger partial charge in [0, 0.05) is 18.3 Å². The van der Waals surface area contributed by atoms with E-state index in [-0.39, 0.29) is 5.91 Å². The first-order valence-corrected chi connectivity index (χ1v) is 8.15. The maximum absolute atomic E-state index is 12.7. The standard InChI is InChI=1S/C17H25N3O/c1-12-8-9-20(16-5-3-2-4-15(12)16)17(21)10-14-7-6-13(18)11-19-14/h6-7,11-12,15-16H,2-5,8-10,18H2,1H3. The second-order valence-corrected chi connectivity index (χ2v) is 6.63. The van der Waals surface area contributed by atoms with Crippen LogP contribution in [-0.4, -0.2) is 28.4 Å². The summed E-state index contributed by atoms with van der Waals surface area (Å²) in [5, 5.41) is 0. The monoisotopic (exact) mass is 287 g/mol. The number of piperidine rings is 1. The Morgan fingerprint density at radius 1 is 1.33 bits per heavy atom. The minimum absolute atomic E-state index is 0.232. The summed E-state index contributed by atoms with van der Waals surface area (Å²) in [5.74, 6) is 1.70. The van der Waals surface area contributed by atoms with E-state index in [0.717, 1.165) is 24.6 Å². The number of carbonyl (C=O) groups is 1. The predicted molar refractivity (Wildman–Crippen MR) is 83.6 cm³/mol. The van der Waals surface area contributed by atoms with Crippen molar-refractivity contribution < 1.29 is 4.79 Å². The predicted octanol–water partition coefficient (Wildman–Crippen LogP) is 2.63. The number of carbonyl (C=O) groups excluding carboxylic acids is 1. The Labute approximate surface area is 126 Å². The molecule has 114 valence electrons. The van der Waals surface area contributed by atoms with Crippen molar-refractivity contribution in [2.24, 2.45) is 11.8 Å². The van der Waals surface area contributed by atoms with Crippen molar-refractivity contribution in [1.82, 2.24) is 9.88 Å². The molecule has 2 aliphatic rings. The molecule has 2 heterocycles. The third-order valence-corrected chi connectivity index (χ3v) is 5.24. The number of nitrogens with two attached hydrogens (primary N) is 1. The first-order valence-electron chi connectivity index (χ1n) is 8.15. The van der Waals surface area contributed by atoms with Crippen LogP contribution < -0.4 is 5.73 Å². The van der Waals surface area contributed by atoms with Crippen LogP contribution >= 0.6 is 0 Å². The molecule has 3 atom stereocenters. The summed E-state index contributed by atoms with van der Waals surface area (Å²) < 4.78 is 0. The molecule has 1 aromatic heterocycles. The van der Waals surface area contributed by atoms with Gasteiger partial charge in [0.2, 0.25) is 5.91 Å². The Morgan fingerprint density at radius 2 is 2.14 bits per heavy atom. The zero-order valence-electron chi connectivity index (χ0n) is 12.8. The van der Waals surface area contributed by atoms with Crippen LogP contribution in [-0.2, 0) is 11.2 Å². The molecule has 3 unspecified atom stereocenters. The Morgan fingerprint density at radius 3 is 2.90 bits per heavy atom. The third kappa shape index (κ3) is 3.04. The number of amides is 1. The van der Waals surface area contributed by atoms with Crippen molar-refractivity contribution in [3.8, 4) is 0 Å². The Hall–Kier alpha value is -1.58. The summed E-state index contributed by atoms with van der Waals surface area (Å²) in [6, 6.07) is 4.14. The van der Waals surface area contributed by atoms with Crippen LogP contribution in [0.25, 0.3) is 0 Å². The highest BCUT2D eigenvalue weighted by atomic mass is 16.2. The van der Waals surface area contributed by atoms with Gasteiger partial charge in [-0.1, -0.05) is 19.8 Å². The molecule has 4 heteroatoms. The van der Waals surface area contributed by atoms with Crippen LogP contribution in [0.4, 0.5) is 5.69 Å². The van der Waals surface area contributed by atoms with Crippen molar-refractivity contribution in [3.63, 3.8) is 0 Å². The minimum Gasteiger partial charge on any atom is -0.397 e. The van der Waals surface area contributed by atoms with Gasteiger partial charge in [-0.2, -0.15) is 0 Å². The molecule has 1 amide bonds. The number of fused-ring (bicyclic) bond motifs is 1. The van der Waals surface area contributed by atoms with E-state index in [0.29, 0.717) is 24.1 Å². The summed E-state index contributed by atoms with van der Waals surface area (Å²) in [6.45, 7) is 3.27. The number of pyridine rings is 1. The number of aromatic nitrogens is 1. The number of rotatable bonds is 2. The Kier molecular flexibility index (Phi) is 4.13. The second-order valence-electron chi connectivity index (χ2n) is 6.63. The maximum atomic E-state index is 12.7. The SMILES string of the molecule is CC1CCN(C(=O)Cc2ccc(N)cn2)C2CCCCC12. The quantitative estimate of drug-likeness (QED) is 0.909. The van der Waals surface area contributed by atoms with E-state index >= 15 is 0 Å². The average Bonchev–Trinajstić information content (AvgIpc) is 2.50. The van der Waals surface area contributed by atoms with Gasteiger partial charge in [-0.15, -0.1) is 0 Å². The Balaban J connectivity index is 1.69. The molecule has 1 saturated carbocycles. The summed E-state index contributed by atoms with van der Waals surface area (Å²) in [6.07, 6.45) is 8.22. The number of hydrogen-bond donors (Lipinski definition) is 1. The van der Waals surface area contributed by atoms with Crippen LogP contribution in [0.5, 0.6) is 0 Å². The lowest BCUT2D eigenvalue weighted by Gasteiger charge is -2.47. The van der Waals surface area contributed by atoms with E-state index in [9.17, 15) is 4.79 Å². The van der Waals surface area contributed by atoms with Gasteiger partial charge in [0.05, 0.1) is 18.3 Å². The first-order chi connectivity index (χ1) is 10.1. The van der Waals surface area contributed by atoms with Gasteiger partial charge in [-0.25, -0.2) is 0 Å². The topological polar surface area (TPSA) is 59.2 Å². The Bertz CT molecular complexity index is 499. The number of anilines is 1. The van der Waals surface area contributed by atoms with Crippen LogP contribution in [0, 0.1) is 11.8 Å². The highest BCUT2D eigenvalue weighted by molar-refractivity contribution is 5.79. The van der Waals surface area contributed by atoms with E-state index in [1.54, 1.807) is 6.20 Å². The van der Waals surface area contributed by atoms with Gasteiger partial charge in [-0.3, -0.25) is 9.78 Å². The van der Waals surface area contributed by atoms with Gasteiger partial charge in [0.1, 0.15) is 0 Å². The molecule has 0 aromatic carbocycles. The molecule has 2 N–H and O–H groups in total. The molecule has 0 spiro atoms. The normalized spacial score (nSPS) is 29.0. The molecular weight excluding hydrogens is 262 g/mol. The van der Waals surface area contributed by atoms with E-state index in [2.05, 4.69) is 16.8 Å². The van der Waals surface area contributed by atoms with E-state index < -0.39 is 0 Å². The molecule has 1 aromatic rings. The summed E-state index contributed by atoms with van der Waals surface area (Å²) >= 11 is 0. The van der Waals surface area contributed by atoms with Gasteiger partial charge in [-0.05, 0) is 43.2 Å². The highest BCUT2D eigenvalue weighted by Crippen LogP contribution is 2.38. The third-order valence-electron chi connectivity index (χ3n) is 5.24. The number of hydrogen-bond acceptors (Lipinski definition) is 3. The van der Waals surface area contributed by atoms with E-state index in [4.69, 9.17) is 5.73 Å². The molecule has 2 fully saturated rings. The molecule has 3 rings (SSSR count). The molecule has 1 aliphatic heterocycles. The van der Waals surface area contributed by atoms with Gasteiger partial charge < -0.3 is 10.6 Å². The highest BCUT2D eigenvalue weighted by Gasteiger charge is 2.39. The number of nitrogen functional groups attached to an aromatic ring is 1. The summed E-state index contributed by atoms with van der Waals surface area (Å²) in [4.78, 5) is 19.1. The second kappa shape index (κ2) is 6.04. The number of likely N-dealkylation sites (tertiary alicyclic amines) is 1. The number of nitrogens with zero attached hydrogens (tertiary/aromatic N) is 2. The fourth-order valence-corrected chi connectivity index (χ4v) is 4.02. The first kappa shape index (κ1) is 14.4. The fraction of sp³-hybridized carbons (Fsp3) is 0.647.